The molecule has 35 heavy (non-hydrogen) atoms. The molecular formula is C25H20Cl2FN3O3S. The highest BCUT2D eigenvalue weighted by Gasteiger charge is 2.20. The number of benzene rings is 3. The molecule has 4 aromatic rings. The van der Waals surface area contributed by atoms with E-state index in [-0.39, 0.29) is 17.1 Å². The van der Waals surface area contributed by atoms with E-state index in [4.69, 9.17) is 23.2 Å². The van der Waals surface area contributed by atoms with Gasteiger partial charge in [-0.25, -0.2) is 17.8 Å². The largest absolute Gasteiger partial charge is 0.348 e. The van der Waals surface area contributed by atoms with Crippen molar-refractivity contribution in [2.45, 2.75) is 4.90 Å². The molecule has 0 aliphatic rings. The van der Waals surface area contributed by atoms with Gasteiger partial charge in [0.1, 0.15) is 18.2 Å². The smallest absolute Gasteiger partial charge is 0.271 e. The van der Waals surface area contributed by atoms with Crippen LogP contribution in [-0.4, -0.2) is 43.4 Å². The van der Waals surface area contributed by atoms with Gasteiger partial charge in [-0.05, 0) is 47.5 Å². The lowest BCUT2D eigenvalue weighted by molar-refractivity contribution is 0.0946. The molecule has 0 aliphatic carbocycles. The third-order valence-corrected chi connectivity index (χ3v) is 6.99. The Hall–Kier alpha value is -3.20. The van der Waals surface area contributed by atoms with E-state index >= 15 is 0 Å². The van der Waals surface area contributed by atoms with Crippen molar-refractivity contribution in [2.24, 2.45) is 0 Å². The molecule has 0 atom stereocenters. The molecule has 0 saturated heterocycles. The van der Waals surface area contributed by atoms with Crippen molar-refractivity contribution in [1.29, 1.82) is 0 Å². The van der Waals surface area contributed by atoms with Crippen molar-refractivity contribution in [3.8, 4) is 28.2 Å². The maximum Gasteiger partial charge on any atom is 0.271 e. The van der Waals surface area contributed by atoms with Gasteiger partial charge >= 0.3 is 0 Å². The summed E-state index contributed by atoms with van der Waals surface area (Å²) < 4.78 is 38.1. The average molecular weight is 532 g/mol. The van der Waals surface area contributed by atoms with Crippen LogP contribution in [0.1, 0.15) is 10.5 Å². The van der Waals surface area contributed by atoms with E-state index in [0.717, 1.165) is 17.4 Å². The second-order valence-corrected chi connectivity index (χ2v) is 10.5. The highest BCUT2D eigenvalue weighted by atomic mass is 35.5. The van der Waals surface area contributed by atoms with E-state index in [2.05, 4.69) is 10.3 Å². The summed E-state index contributed by atoms with van der Waals surface area (Å²) in [6.07, 6.45) is 2.69. The molecule has 0 saturated carbocycles. The van der Waals surface area contributed by atoms with E-state index in [0.29, 0.717) is 27.1 Å². The first-order valence-electron chi connectivity index (χ1n) is 10.5. The fourth-order valence-electron chi connectivity index (χ4n) is 3.55. The van der Waals surface area contributed by atoms with Gasteiger partial charge in [0.2, 0.25) is 0 Å². The molecule has 0 bridgehead atoms. The zero-order valence-electron chi connectivity index (χ0n) is 18.5. The number of carbonyl (C=O) groups is 1. The van der Waals surface area contributed by atoms with Gasteiger partial charge in [0.25, 0.3) is 5.91 Å². The first-order valence-corrected chi connectivity index (χ1v) is 13.1. The van der Waals surface area contributed by atoms with Crippen LogP contribution in [0.4, 0.5) is 4.39 Å². The number of aromatic nitrogens is 2. The summed E-state index contributed by atoms with van der Waals surface area (Å²) in [6.45, 7) is -0.827. The van der Waals surface area contributed by atoms with Crippen LogP contribution < -0.4 is 5.32 Å². The maximum atomic E-state index is 12.5. The number of nitrogens with one attached hydrogen (secondary N) is 1. The first kappa shape index (κ1) is 24.9. The topological polar surface area (TPSA) is 81.1 Å². The van der Waals surface area contributed by atoms with Gasteiger partial charge in [-0.1, -0.05) is 53.5 Å². The number of nitrogens with zero attached hydrogens (tertiary/aromatic N) is 2. The second kappa shape index (κ2) is 10.2. The Kier molecular flexibility index (Phi) is 7.25. The van der Waals surface area contributed by atoms with Crippen LogP contribution in [0.15, 0.2) is 77.8 Å². The van der Waals surface area contributed by atoms with Gasteiger partial charge in [0.15, 0.2) is 9.84 Å². The Morgan fingerprint density at radius 1 is 1.00 bits per heavy atom. The second-order valence-electron chi connectivity index (χ2n) is 7.71. The normalized spacial score (nSPS) is 11.4. The van der Waals surface area contributed by atoms with Crippen molar-refractivity contribution in [1.82, 2.24) is 14.9 Å². The van der Waals surface area contributed by atoms with Crippen molar-refractivity contribution < 1.29 is 17.6 Å². The fourth-order valence-corrected chi connectivity index (χ4v) is 4.78. The van der Waals surface area contributed by atoms with Crippen LogP contribution in [0, 0.1) is 0 Å². The lowest BCUT2D eigenvalue weighted by atomic mass is 10.1. The van der Waals surface area contributed by atoms with Crippen LogP contribution in [-0.2, 0) is 9.84 Å². The Bertz CT molecular complexity index is 1480. The third-order valence-electron chi connectivity index (χ3n) is 5.25. The zero-order valence-corrected chi connectivity index (χ0v) is 20.8. The van der Waals surface area contributed by atoms with Crippen molar-refractivity contribution in [3.05, 3.63) is 88.7 Å². The molecule has 1 amide bonds. The monoisotopic (exact) mass is 531 g/mol. The van der Waals surface area contributed by atoms with Gasteiger partial charge in [-0.15, -0.1) is 0 Å². The van der Waals surface area contributed by atoms with Crippen molar-refractivity contribution in [2.75, 3.05) is 19.5 Å². The molecule has 0 radical (unpaired) electrons. The van der Waals surface area contributed by atoms with E-state index in [9.17, 15) is 17.6 Å². The summed E-state index contributed by atoms with van der Waals surface area (Å²) in [5.74, 6) is -0.183. The van der Waals surface area contributed by atoms with E-state index < -0.39 is 22.4 Å². The molecule has 1 aromatic heterocycles. The number of imidazole rings is 1. The number of sulfone groups is 1. The molecule has 0 fully saturated rings. The minimum Gasteiger partial charge on any atom is -0.348 e. The molecule has 10 heteroatoms. The van der Waals surface area contributed by atoms with Gasteiger partial charge in [-0.3, -0.25) is 9.36 Å². The van der Waals surface area contributed by atoms with Crippen LogP contribution in [0.25, 0.3) is 28.2 Å². The van der Waals surface area contributed by atoms with E-state index in [1.54, 1.807) is 41.0 Å². The van der Waals surface area contributed by atoms with Crippen LogP contribution in [0.2, 0.25) is 10.0 Å². The Labute approximate surface area is 212 Å². The lowest BCUT2D eigenvalue weighted by Gasteiger charge is -2.11. The number of hydrogen-bond acceptors (Lipinski definition) is 4. The van der Waals surface area contributed by atoms with Crippen LogP contribution in [0.3, 0.4) is 0 Å². The SMILES string of the molecule is CS(=O)(=O)c1cccc(-c2ccc(-n3cc(C(=O)NCCF)nc3-c3c(Cl)cccc3Cl)cc2)c1. The van der Waals surface area contributed by atoms with Crippen LogP contribution >= 0.6 is 23.2 Å². The molecule has 4 rings (SSSR count). The number of carbonyl (C=O) groups excluding carboxylic acids is 1. The summed E-state index contributed by atoms with van der Waals surface area (Å²) in [5.41, 5.74) is 2.74. The molecular weight excluding hydrogens is 512 g/mol. The summed E-state index contributed by atoms with van der Waals surface area (Å²) in [4.78, 5) is 17.2. The molecule has 0 unspecified atom stereocenters. The summed E-state index contributed by atoms with van der Waals surface area (Å²) in [6, 6.07) is 19.0. The maximum absolute atomic E-state index is 12.5. The average Bonchev–Trinajstić information content (AvgIpc) is 3.27. The Morgan fingerprint density at radius 3 is 2.29 bits per heavy atom. The van der Waals surface area contributed by atoms with Gasteiger partial charge in [-0.2, -0.15) is 0 Å². The number of halogens is 3. The highest BCUT2D eigenvalue weighted by molar-refractivity contribution is 7.90. The molecule has 1 N–H and O–H groups in total. The van der Waals surface area contributed by atoms with E-state index in [1.807, 2.05) is 30.3 Å². The van der Waals surface area contributed by atoms with E-state index in [1.165, 1.54) is 6.20 Å². The third kappa shape index (κ3) is 5.40. The lowest BCUT2D eigenvalue weighted by Crippen LogP contribution is -2.25. The molecule has 3 aromatic carbocycles. The zero-order chi connectivity index (χ0) is 25.2. The quantitative estimate of drug-likeness (QED) is 0.335. The minimum atomic E-state index is -3.34. The number of alkyl halides is 1. The fraction of sp³-hybridized carbons (Fsp3) is 0.120. The number of hydrogen-bond donors (Lipinski definition) is 1. The first-order chi connectivity index (χ1) is 16.7. The number of rotatable bonds is 7. The predicted molar refractivity (Wildman–Crippen MR) is 136 cm³/mol. The summed E-state index contributed by atoms with van der Waals surface area (Å²) in [5, 5.41) is 3.18. The molecule has 0 spiro atoms. The molecule has 0 aliphatic heterocycles. The van der Waals surface area contributed by atoms with Crippen molar-refractivity contribution in [3.63, 3.8) is 0 Å². The number of amides is 1. The molecule has 1 heterocycles. The van der Waals surface area contributed by atoms with Crippen molar-refractivity contribution >= 4 is 38.9 Å². The Morgan fingerprint density at radius 2 is 1.66 bits per heavy atom. The predicted octanol–water partition coefficient (Wildman–Crippen LogP) is 5.62. The highest BCUT2D eigenvalue weighted by Crippen LogP contribution is 2.35. The summed E-state index contributed by atoms with van der Waals surface area (Å²) >= 11 is 12.8. The standard InChI is InChI=1S/C25H20Cl2FN3O3S/c1-35(33,34)19-5-2-4-17(14-19)16-8-10-18(11-9-16)31-15-22(25(32)29-13-12-28)30-24(31)23-20(26)6-3-7-21(23)27/h2-11,14-15H,12-13H2,1H3,(H,29,32). The molecule has 180 valence electrons. The van der Waals surface area contributed by atoms with Gasteiger partial charge in [0.05, 0.1) is 20.5 Å². The molecule has 6 nitrogen and oxygen atoms in total. The summed E-state index contributed by atoms with van der Waals surface area (Å²) in [7, 11) is -3.34. The van der Waals surface area contributed by atoms with Crippen LogP contribution in [0.5, 0.6) is 0 Å². The Balaban J connectivity index is 1.79. The van der Waals surface area contributed by atoms with Gasteiger partial charge in [0, 0.05) is 24.7 Å². The van der Waals surface area contributed by atoms with Gasteiger partial charge < -0.3 is 5.32 Å². The minimum absolute atomic E-state index is 0.0781.